The SMILES string of the molecule is CCOc1ccc(/C(O)=C2/C(=O)C(=O)N(C3CCCC3)C2c2ccncc2)c(OCC)c1. The second kappa shape index (κ2) is 9.42. The summed E-state index contributed by atoms with van der Waals surface area (Å²) in [5, 5.41) is 11.4. The fourth-order valence-corrected chi connectivity index (χ4v) is 4.66. The maximum absolute atomic E-state index is 13.2. The minimum absolute atomic E-state index is 0.0263. The highest BCUT2D eigenvalue weighted by molar-refractivity contribution is 6.46. The number of ether oxygens (including phenoxy) is 2. The van der Waals surface area contributed by atoms with Crippen molar-refractivity contribution in [1.82, 2.24) is 9.88 Å². The normalized spacial score (nSPS) is 20.7. The molecule has 0 bridgehead atoms. The van der Waals surface area contributed by atoms with Crippen LogP contribution in [0.3, 0.4) is 0 Å². The lowest BCUT2D eigenvalue weighted by Gasteiger charge is -2.30. The molecule has 32 heavy (non-hydrogen) atoms. The van der Waals surface area contributed by atoms with Gasteiger partial charge in [0.2, 0.25) is 0 Å². The van der Waals surface area contributed by atoms with Gasteiger partial charge in [-0.25, -0.2) is 0 Å². The van der Waals surface area contributed by atoms with Crippen molar-refractivity contribution in [3.63, 3.8) is 0 Å². The van der Waals surface area contributed by atoms with Crippen LogP contribution in [0.15, 0.2) is 48.3 Å². The Morgan fingerprint density at radius 1 is 1.06 bits per heavy atom. The molecule has 7 nitrogen and oxygen atoms in total. The minimum atomic E-state index is -0.674. The predicted molar refractivity (Wildman–Crippen MR) is 119 cm³/mol. The summed E-state index contributed by atoms with van der Waals surface area (Å²) in [5.74, 6) is -0.477. The smallest absolute Gasteiger partial charge is 0.295 e. The van der Waals surface area contributed by atoms with Crippen molar-refractivity contribution < 1.29 is 24.2 Å². The second-order valence-electron chi connectivity index (χ2n) is 7.95. The van der Waals surface area contributed by atoms with Crippen LogP contribution in [0.1, 0.15) is 56.7 Å². The first kappa shape index (κ1) is 21.9. The van der Waals surface area contributed by atoms with Gasteiger partial charge in [0.05, 0.1) is 30.4 Å². The van der Waals surface area contributed by atoms with Crippen LogP contribution < -0.4 is 9.47 Å². The van der Waals surface area contributed by atoms with Gasteiger partial charge in [0, 0.05) is 24.5 Å². The summed E-state index contributed by atoms with van der Waals surface area (Å²) in [6.45, 7) is 4.59. The van der Waals surface area contributed by atoms with E-state index in [0.717, 1.165) is 31.2 Å². The van der Waals surface area contributed by atoms with Gasteiger partial charge in [-0.1, -0.05) is 12.8 Å². The molecule has 168 valence electrons. The third-order valence-electron chi connectivity index (χ3n) is 6.04. The lowest BCUT2D eigenvalue weighted by atomic mass is 9.95. The van der Waals surface area contributed by atoms with E-state index in [9.17, 15) is 14.7 Å². The molecule has 1 N–H and O–H groups in total. The number of hydrogen-bond donors (Lipinski definition) is 1. The van der Waals surface area contributed by atoms with Crippen LogP contribution in [0.25, 0.3) is 5.76 Å². The molecule has 1 aliphatic carbocycles. The van der Waals surface area contributed by atoms with Crippen LogP contribution >= 0.6 is 0 Å². The van der Waals surface area contributed by atoms with E-state index < -0.39 is 17.7 Å². The number of amides is 1. The molecule has 1 aromatic carbocycles. The first-order valence-corrected chi connectivity index (χ1v) is 11.2. The number of aliphatic hydroxyl groups is 1. The maximum atomic E-state index is 13.2. The van der Waals surface area contributed by atoms with Crippen LogP contribution in [-0.4, -0.2) is 45.9 Å². The summed E-state index contributed by atoms with van der Waals surface area (Å²) in [6, 6.07) is 7.95. The average molecular weight is 437 g/mol. The van der Waals surface area contributed by atoms with E-state index in [2.05, 4.69) is 4.98 Å². The van der Waals surface area contributed by atoms with Gasteiger partial charge >= 0.3 is 0 Å². The van der Waals surface area contributed by atoms with Gasteiger partial charge in [0.15, 0.2) is 0 Å². The zero-order valence-corrected chi connectivity index (χ0v) is 18.4. The lowest BCUT2D eigenvalue weighted by Crippen LogP contribution is -2.37. The number of Topliss-reactive ketones (excluding diaryl/α,β-unsaturated/α-hetero) is 1. The summed E-state index contributed by atoms with van der Waals surface area (Å²) < 4.78 is 11.3. The Hall–Kier alpha value is -3.35. The standard InChI is InChI=1S/C25H28N2O5/c1-3-31-18-9-10-19(20(15-18)32-4-2)23(28)21-22(16-11-13-26-14-12-16)27(25(30)24(21)29)17-7-5-6-8-17/h9-15,17,22,28H,3-8H2,1-2H3/b23-21-. The monoisotopic (exact) mass is 436 g/mol. The van der Waals surface area contributed by atoms with Crippen LogP contribution in [-0.2, 0) is 9.59 Å². The number of aromatic nitrogens is 1. The number of carbonyl (C=O) groups is 2. The van der Waals surface area contributed by atoms with Crippen molar-refractivity contribution in [2.24, 2.45) is 0 Å². The Kier molecular flexibility index (Phi) is 6.44. The van der Waals surface area contributed by atoms with Crippen molar-refractivity contribution >= 4 is 17.4 Å². The van der Waals surface area contributed by atoms with E-state index in [1.165, 1.54) is 0 Å². The zero-order chi connectivity index (χ0) is 22.7. The number of aliphatic hydroxyl groups excluding tert-OH is 1. The first-order chi connectivity index (χ1) is 15.6. The number of ketones is 1. The quantitative estimate of drug-likeness (QED) is 0.397. The number of likely N-dealkylation sites (tertiary alicyclic amines) is 1. The molecule has 2 aliphatic rings. The molecule has 7 heteroatoms. The lowest BCUT2D eigenvalue weighted by molar-refractivity contribution is -0.141. The van der Waals surface area contributed by atoms with Crippen LogP contribution in [0.5, 0.6) is 11.5 Å². The molecule has 1 aliphatic heterocycles. The second-order valence-corrected chi connectivity index (χ2v) is 7.95. The Morgan fingerprint density at radius 2 is 1.75 bits per heavy atom. The third kappa shape index (κ3) is 3.95. The fourth-order valence-electron chi connectivity index (χ4n) is 4.66. The summed E-state index contributed by atoms with van der Waals surface area (Å²) in [5.41, 5.74) is 1.19. The highest BCUT2D eigenvalue weighted by Gasteiger charge is 2.49. The number of carbonyl (C=O) groups excluding carboxylic acids is 2. The van der Waals surface area contributed by atoms with Crippen LogP contribution in [0.2, 0.25) is 0 Å². The number of nitrogens with zero attached hydrogens (tertiary/aromatic N) is 2. The molecule has 2 aromatic rings. The van der Waals surface area contributed by atoms with E-state index in [1.54, 1.807) is 47.6 Å². The van der Waals surface area contributed by atoms with Gasteiger partial charge in [-0.2, -0.15) is 0 Å². The van der Waals surface area contributed by atoms with Gasteiger partial charge in [-0.15, -0.1) is 0 Å². The average Bonchev–Trinajstić information content (AvgIpc) is 3.41. The molecular weight excluding hydrogens is 408 g/mol. The number of hydrogen-bond acceptors (Lipinski definition) is 6. The highest BCUT2D eigenvalue weighted by atomic mass is 16.5. The van der Waals surface area contributed by atoms with Crippen LogP contribution in [0.4, 0.5) is 0 Å². The van der Waals surface area contributed by atoms with E-state index in [0.29, 0.717) is 30.3 Å². The van der Waals surface area contributed by atoms with Crippen LogP contribution in [0, 0.1) is 0 Å². The maximum Gasteiger partial charge on any atom is 0.295 e. The Morgan fingerprint density at radius 3 is 2.41 bits per heavy atom. The Balaban J connectivity index is 1.87. The molecule has 2 heterocycles. The van der Waals surface area contributed by atoms with Crippen molar-refractivity contribution in [2.75, 3.05) is 13.2 Å². The van der Waals surface area contributed by atoms with Gasteiger partial charge < -0.3 is 19.5 Å². The van der Waals surface area contributed by atoms with Crippen molar-refractivity contribution in [1.29, 1.82) is 0 Å². The molecule has 1 aromatic heterocycles. The fraction of sp³-hybridized carbons (Fsp3) is 0.400. The Labute approximate surface area is 187 Å². The molecule has 0 spiro atoms. The zero-order valence-electron chi connectivity index (χ0n) is 18.4. The Bertz CT molecular complexity index is 1030. The van der Waals surface area contributed by atoms with Gasteiger partial charge in [-0.3, -0.25) is 14.6 Å². The van der Waals surface area contributed by atoms with E-state index in [1.807, 2.05) is 13.8 Å². The number of rotatable bonds is 7. The molecule has 2 fully saturated rings. The number of benzene rings is 1. The van der Waals surface area contributed by atoms with Gasteiger partial charge in [0.25, 0.3) is 11.7 Å². The largest absolute Gasteiger partial charge is 0.507 e. The molecule has 4 rings (SSSR count). The molecule has 1 saturated heterocycles. The summed E-state index contributed by atoms with van der Waals surface area (Å²) in [4.78, 5) is 32.1. The van der Waals surface area contributed by atoms with E-state index in [-0.39, 0.29) is 17.4 Å². The molecule has 1 amide bonds. The molecule has 1 unspecified atom stereocenters. The van der Waals surface area contributed by atoms with Gasteiger partial charge in [-0.05, 0) is 56.5 Å². The van der Waals surface area contributed by atoms with E-state index in [4.69, 9.17) is 9.47 Å². The first-order valence-electron chi connectivity index (χ1n) is 11.2. The van der Waals surface area contributed by atoms with Gasteiger partial charge in [0.1, 0.15) is 17.3 Å². The summed E-state index contributed by atoms with van der Waals surface area (Å²) >= 11 is 0. The van der Waals surface area contributed by atoms with Crippen molar-refractivity contribution in [2.45, 2.75) is 51.6 Å². The number of pyridine rings is 1. The topological polar surface area (TPSA) is 89.0 Å². The highest BCUT2D eigenvalue weighted by Crippen LogP contribution is 2.44. The summed E-state index contributed by atoms with van der Waals surface area (Å²) in [7, 11) is 0. The molecule has 1 atom stereocenters. The molecule has 1 saturated carbocycles. The summed E-state index contributed by atoms with van der Waals surface area (Å²) in [6.07, 6.45) is 7.00. The minimum Gasteiger partial charge on any atom is -0.507 e. The molecular formula is C25H28N2O5. The van der Waals surface area contributed by atoms with E-state index >= 15 is 0 Å². The van der Waals surface area contributed by atoms with Crippen molar-refractivity contribution in [3.8, 4) is 11.5 Å². The molecule has 0 radical (unpaired) electrons. The predicted octanol–water partition coefficient (Wildman–Crippen LogP) is 4.24. The third-order valence-corrected chi connectivity index (χ3v) is 6.04. The van der Waals surface area contributed by atoms with Crippen molar-refractivity contribution in [3.05, 3.63) is 59.4 Å².